The molecule has 1 aromatic carbocycles. The van der Waals surface area contributed by atoms with Gasteiger partial charge in [0.2, 0.25) is 5.78 Å². The van der Waals surface area contributed by atoms with E-state index in [-0.39, 0.29) is 36.0 Å². The number of rotatable bonds is 10. The molecule has 2 fully saturated rings. The molecular formula is C26H38N4O4. The predicted molar refractivity (Wildman–Crippen MR) is 130 cm³/mol. The lowest BCUT2D eigenvalue weighted by Crippen LogP contribution is -2.57. The Hall–Kier alpha value is -2.74. The van der Waals surface area contributed by atoms with Crippen molar-refractivity contribution in [2.24, 2.45) is 11.8 Å². The lowest BCUT2D eigenvalue weighted by Gasteiger charge is -2.41. The molecule has 0 spiro atoms. The second-order valence-corrected chi connectivity index (χ2v) is 10.2. The molecule has 186 valence electrons. The van der Waals surface area contributed by atoms with Gasteiger partial charge in [-0.05, 0) is 57.2 Å². The summed E-state index contributed by atoms with van der Waals surface area (Å²) in [6.07, 6.45) is 2.56. The van der Waals surface area contributed by atoms with Crippen molar-refractivity contribution in [3.63, 3.8) is 0 Å². The van der Waals surface area contributed by atoms with Crippen LogP contribution >= 0.6 is 0 Å². The summed E-state index contributed by atoms with van der Waals surface area (Å²) < 4.78 is 0. The standard InChI is InChI=1S/C26H38N4O4/c1-19(2)18-22(31)23(32)29-14-11-21(12-15-29)26(13-10-20-8-6-5-7-9-20)24(33)30(25(34)27-26)17-16-28(3)4/h5-9,19,21H,10-18H2,1-4H3,(H,27,34). The van der Waals surface area contributed by atoms with Crippen molar-refractivity contribution in [1.82, 2.24) is 20.0 Å². The zero-order chi connectivity index (χ0) is 24.9. The van der Waals surface area contributed by atoms with E-state index < -0.39 is 11.4 Å². The fourth-order valence-electron chi connectivity index (χ4n) is 4.99. The van der Waals surface area contributed by atoms with E-state index in [0.29, 0.717) is 51.9 Å². The minimum Gasteiger partial charge on any atom is -0.336 e. The Kier molecular flexibility index (Phi) is 8.47. The van der Waals surface area contributed by atoms with Crippen molar-refractivity contribution < 1.29 is 19.2 Å². The van der Waals surface area contributed by atoms with Crippen LogP contribution in [0.25, 0.3) is 0 Å². The molecular weight excluding hydrogens is 432 g/mol. The maximum atomic E-state index is 13.7. The highest BCUT2D eigenvalue weighted by Gasteiger charge is 2.55. The summed E-state index contributed by atoms with van der Waals surface area (Å²) in [5.41, 5.74) is 0.124. The summed E-state index contributed by atoms with van der Waals surface area (Å²) in [6, 6.07) is 9.61. The van der Waals surface area contributed by atoms with Crippen molar-refractivity contribution in [2.45, 2.75) is 51.5 Å². The Bertz CT molecular complexity index is 893. The van der Waals surface area contributed by atoms with Crippen LogP contribution in [-0.4, -0.2) is 84.1 Å². The van der Waals surface area contributed by atoms with Gasteiger partial charge in [0.15, 0.2) is 0 Å². The summed E-state index contributed by atoms with van der Waals surface area (Å²) in [7, 11) is 3.82. The number of imide groups is 1. The average molecular weight is 471 g/mol. The highest BCUT2D eigenvalue weighted by atomic mass is 16.2. The Balaban J connectivity index is 1.76. The van der Waals surface area contributed by atoms with Gasteiger partial charge in [-0.2, -0.15) is 0 Å². The molecule has 1 aromatic rings. The molecule has 0 aromatic heterocycles. The molecule has 4 amide bonds. The maximum absolute atomic E-state index is 13.7. The molecule has 1 unspecified atom stereocenters. The zero-order valence-electron chi connectivity index (χ0n) is 20.9. The molecule has 2 heterocycles. The zero-order valence-corrected chi connectivity index (χ0v) is 20.9. The monoisotopic (exact) mass is 470 g/mol. The van der Waals surface area contributed by atoms with Crippen molar-refractivity contribution in [1.29, 1.82) is 0 Å². The molecule has 2 aliphatic heterocycles. The number of likely N-dealkylation sites (tertiary alicyclic amines) is 1. The SMILES string of the molecule is CC(C)CC(=O)C(=O)N1CCC(C2(CCc3ccccc3)NC(=O)N(CCN(C)C)C2=O)CC1. The van der Waals surface area contributed by atoms with E-state index in [1.807, 2.05) is 63.2 Å². The molecule has 0 saturated carbocycles. The Morgan fingerprint density at radius 1 is 1.12 bits per heavy atom. The Morgan fingerprint density at radius 3 is 2.35 bits per heavy atom. The van der Waals surface area contributed by atoms with Gasteiger partial charge in [0, 0.05) is 32.6 Å². The number of urea groups is 1. The van der Waals surface area contributed by atoms with E-state index in [9.17, 15) is 19.2 Å². The van der Waals surface area contributed by atoms with Gasteiger partial charge in [-0.3, -0.25) is 19.3 Å². The molecule has 2 aliphatic rings. The number of carbonyl (C=O) groups is 4. The number of Topliss-reactive ketones (excluding diaryl/α,β-unsaturated/α-hetero) is 1. The van der Waals surface area contributed by atoms with Crippen molar-refractivity contribution >= 4 is 23.6 Å². The molecule has 8 nitrogen and oxygen atoms in total. The molecule has 34 heavy (non-hydrogen) atoms. The third kappa shape index (κ3) is 5.84. The smallest absolute Gasteiger partial charge is 0.325 e. The number of hydrogen-bond donors (Lipinski definition) is 1. The first-order chi connectivity index (χ1) is 16.1. The quantitative estimate of drug-likeness (QED) is 0.419. The van der Waals surface area contributed by atoms with Gasteiger partial charge in [-0.15, -0.1) is 0 Å². The second kappa shape index (κ2) is 11.1. The van der Waals surface area contributed by atoms with Gasteiger partial charge in [-0.25, -0.2) is 4.79 Å². The topological polar surface area (TPSA) is 90.0 Å². The maximum Gasteiger partial charge on any atom is 0.325 e. The number of carbonyl (C=O) groups excluding carboxylic acids is 4. The first kappa shape index (κ1) is 25.9. The summed E-state index contributed by atoms with van der Waals surface area (Å²) in [4.78, 5) is 56.4. The third-order valence-corrected chi connectivity index (χ3v) is 6.93. The van der Waals surface area contributed by atoms with Crippen LogP contribution < -0.4 is 5.32 Å². The number of aryl methyl sites for hydroxylation is 1. The number of nitrogens with zero attached hydrogens (tertiary/aromatic N) is 3. The molecule has 3 rings (SSSR count). The molecule has 1 atom stereocenters. The van der Waals surface area contributed by atoms with Crippen LogP contribution in [0.1, 0.15) is 45.1 Å². The number of likely N-dealkylation sites (N-methyl/N-ethyl adjacent to an activating group) is 1. The van der Waals surface area contributed by atoms with Gasteiger partial charge in [0.1, 0.15) is 5.54 Å². The van der Waals surface area contributed by atoms with Crippen LogP contribution in [0, 0.1) is 11.8 Å². The van der Waals surface area contributed by atoms with Gasteiger partial charge in [-0.1, -0.05) is 44.2 Å². The van der Waals surface area contributed by atoms with Gasteiger partial charge in [0.05, 0.1) is 0 Å². The van der Waals surface area contributed by atoms with E-state index >= 15 is 0 Å². The molecule has 2 saturated heterocycles. The molecule has 1 N–H and O–H groups in total. The number of ketones is 1. The number of hydrogen-bond acceptors (Lipinski definition) is 5. The van der Waals surface area contributed by atoms with Crippen molar-refractivity contribution in [3.05, 3.63) is 35.9 Å². The normalized spacial score (nSPS) is 21.5. The lowest BCUT2D eigenvalue weighted by atomic mass is 9.74. The van der Waals surface area contributed by atoms with Gasteiger partial charge in [0.25, 0.3) is 11.8 Å². The van der Waals surface area contributed by atoms with Gasteiger partial charge >= 0.3 is 6.03 Å². The third-order valence-electron chi connectivity index (χ3n) is 6.93. The number of amides is 4. The van der Waals surface area contributed by atoms with E-state index in [1.54, 1.807) is 4.90 Å². The second-order valence-electron chi connectivity index (χ2n) is 10.2. The molecule has 0 bridgehead atoms. The Labute approximate surface area is 202 Å². The van der Waals surface area contributed by atoms with Crippen molar-refractivity contribution in [2.75, 3.05) is 40.3 Å². The predicted octanol–water partition coefficient (Wildman–Crippen LogP) is 2.33. The van der Waals surface area contributed by atoms with Crippen LogP contribution in [0.3, 0.4) is 0 Å². The minimum absolute atomic E-state index is 0.0960. The number of piperidine rings is 1. The molecule has 0 aliphatic carbocycles. The highest BCUT2D eigenvalue weighted by Crippen LogP contribution is 2.37. The van der Waals surface area contributed by atoms with Crippen molar-refractivity contribution in [3.8, 4) is 0 Å². The Morgan fingerprint density at radius 2 is 1.76 bits per heavy atom. The van der Waals surface area contributed by atoms with Crippen LogP contribution in [0.4, 0.5) is 4.79 Å². The van der Waals surface area contributed by atoms with E-state index in [0.717, 1.165) is 5.56 Å². The summed E-state index contributed by atoms with van der Waals surface area (Å²) in [6.45, 7) is 5.61. The minimum atomic E-state index is -0.990. The van der Waals surface area contributed by atoms with Crippen LogP contribution in [0.5, 0.6) is 0 Å². The highest BCUT2D eigenvalue weighted by molar-refractivity contribution is 6.36. The van der Waals surface area contributed by atoms with Crippen LogP contribution in [0.15, 0.2) is 30.3 Å². The summed E-state index contributed by atoms with van der Waals surface area (Å²) in [5, 5.41) is 3.07. The fourth-order valence-corrected chi connectivity index (χ4v) is 4.99. The fraction of sp³-hybridized carbons (Fsp3) is 0.615. The van der Waals surface area contributed by atoms with Crippen LogP contribution in [0.2, 0.25) is 0 Å². The van der Waals surface area contributed by atoms with E-state index in [4.69, 9.17) is 0 Å². The average Bonchev–Trinajstić information content (AvgIpc) is 3.05. The first-order valence-corrected chi connectivity index (χ1v) is 12.3. The largest absolute Gasteiger partial charge is 0.336 e. The number of benzene rings is 1. The van der Waals surface area contributed by atoms with Gasteiger partial charge < -0.3 is 15.1 Å². The number of nitrogens with one attached hydrogen (secondary N) is 1. The van der Waals surface area contributed by atoms with E-state index in [2.05, 4.69) is 5.32 Å². The first-order valence-electron chi connectivity index (χ1n) is 12.3. The van der Waals surface area contributed by atoms with Crippen LogP contribution in [-0.2, 0) is 20.8 Å². The summed E-state index contributed by atoms with van der Waals surface area (Å²) >= 11 is 0. The van der Waals surface area contributed by atoms with E-state index in [1.165, 1.54) is 4.90 Å². The lowest BCUT2D eigenvalue weighted by molar-refractivity contribution is -0.146. The molecule has 0 radical (unpaired) electrons. The molecule has 8 heteroatoms. The summed E-state index contributed by atoms with van der Waals surface area (Å²) in [5.74, 6) is -0.917.